The molecular weight excluding hydrogens is 279 g/mol. The summed E-state index contributed by atoms with van der Waals surface area (Å²) < 4.78 is 0. The van der Waals surface area contributed by atoms with Gasteiger partial charge in [-0.15, -0.1) is 0 Å². The molecule has 1 aliphatic rings. The van der Waals surface area contributed by atoms with Crippen LogP contribution in [0.2, 0.25) is 0 Å². The number of aryl methyl sites for hydroxylation is 1. The zero-order valence-corrected chi connectivity index (χ0v) is 12.1. The molecule has 1 atom stereocenters. The van der Waals surface area contributed by atoms with E-state index in [1.54, 1.807) is 24.4 Å². The van der Waals surface area contributed by atoms with E-state index in [1.807, 2.05) is 12.1 Å². The molecule has 3 N–H and O–H groups in total. The number of carbonyl (C=O) groups excluding carboxylic acids is 1. The van der Waals surface area contributed by atoms with E-state index in [0.29, 0.717) is 11.0 Å². The molecule has 112 valence electrons. The fourth-order valence-corrected chi connectivity index (χ4v) is 2.79. The molecule has 0 radical (unpaired) electrons. The van der Waals surface area contributed by atoms with E-state index >= 15 is 0 Å². The van der Waals surface area contributed by atoms with Gasteiger partial charge < -0.3 is 15.4 Å². The second-order valence-electron chi connectivity index (χ2n) is 5.52. The van der Waals surface area contributed by atoms with Crippen molar-refractivity contribution in [3.05, 3.63) is 59.4 Å². The average Bonchev–Trinajstić information content (AvgIpc) is 2.55. The number of fused-ring (bicyclic) bond motifs is 1. The minimum atomic E-state index is -1.57. The van der Waals surface area contributed by atoms with E-state index in [-0.39, 0.29) is 11.9 Å². The van der Waals surface area contributed by atoms with Gasteiger partial charge in [0, 0.05) is 23.5 Å². The molecule has 5 nitrogen and oxygen atoms in total. The molecule has 1 amide bonds. The van der Waals surface area contributed by atoms with Gasteiger partial charge in [0.2, 0.25) is 0 Å². The SMILES string of the molecule is O=C(NC1CCc2ncccc2C1)c1cccc(B(O)O)c1. The summed E-state index contributed by atoms with van der Waals surface area (Å²) in [7, 11) is -1.57. The highest BCUT2D eigenvalue weighted by atomic mass is 16.4. The first-order valence-corrected chi connectivity index (χ1v) is 7.33. The summed E-state index contributed by atoms with van der Waals surface area (Å²) in [5.74, 6) is -0.195. The molecular formula is C16H17BN2O3. The van der Waals surface area contributed by atoms with Crippen LogP contribution in [0.5, 0.6) is 0 Å². The van der Waals surface area contributed by atoms with Gasteiger partial charge in [0.15, 0.2) is 0 Å². The zero-order valence-electron chi connectivity index (χ0n) is 12.1. The Morgan fingerprint density at radius 1 is 1.27 bits per heavy atom. The number of hydrogen-bond acceptors (Lipinski definition) is 4. The number of nitrogens with one attached hydrogen (secondary N) is 1. The highest BCUT2D eigenvalue weighted by molar-refractivity contribution is 6.58. The molecule has 0 saturated carbocycles. The van der Waals surface area contributed by atoms with Crippen LogP contribution >= 0.6 is 0 Å². The molecule has 0 spiro atoms. The molecule has 1 unspecified atom stereocenters. The molecule has 2 aromatic rings. The Balaban J connectivity index is 1.69. The summed E-state index contributed by atoms with van der Waals surface area (Å²) in [6.07, 6.45) is 4.29. The lowest BCUT2D eigenvalue weighted by Gasteiger charge is -2.24. The van der Waals surface area contributed by atoms with Crippen molar-refractivity contribution < 1.29 is 14.8 Å². The number of rotatable bonds is 3. The average molecular weight is 296 g/mol. The quantitative estimate of drug-likeness (QED) is 0.699. The van der Waals surface area contributed by atoms with Gasteiger partial charge in [-0.1, -0.05) is 18.2 Å². The normalized spacial score (nSPS) is 16.7. The van der Waals surface area contributed by atoms with Gasteiger partial charge in [0.05, 0.1) is 0 Å². The Morgan fingerprint density at radius 2 is 2.14 bits per heavy atom. The van der Waals surface area contributed by atoms with Crippen molar-refractivity contribution in [2.75, 3.05) is 0 Å². The van der Waals surface area contributed by atoms with E-state index in [4.69, 9.17) is 0 Å². The first-order chi connectivity index (χ1) is 10.6. The lowest BCUT2D eigenvalue weighted by atomic mass is 9.79. The predicted molar refractivity (Wildman–Crippen MR) is 83.8 cm³/mol. The minimum absolute atomic E-state index is 0.0758. The van der Waals surface area contributed by atoms with E-state index in [0.717, 1.165) is 25.0 Å². The fraction of sp³-hybridized carbons (Fsp3) is 0.250. The number of amides is 1. The van der Waals surface area contributed by atoms with Crippen molar-refractivity contribution in [1.82, 2.24) is 10.3 Å². The summed E-state index contributed by atoms with van der Waals surface area (Å²) in [6.45, 7) is 0. The van der Waals surface area contributed by atoms with E-state index < -0.39 is 7.12 Å². The summed E-state index contributed by atoms with van der Waals surface area (Å²) in [5, 5.41) is 21.4. The van der Waals surface area contributed by atoms with Crippen LogP contribution in [0.4, 0.5) is 0 Å². The van der Waals surface area contributed by atoms with Crippen LogP contribution in [0, 0.1) is 0 Å². The Labute approximate surface area is 129 Å². The molecule has 0 aliphatic heterocycles. The maximum atomic E-state index is 12.3. The van der Waals surface area contributed by atoms with Gasteiger partial charge in [0.25, 0.3) is 5.91 Å². The van der Waals surface area contributed by atoms with Gasteiger partial charge in [-0.05, 0) is 48.5 Å². The molecule has 1 aromatic heterocycles. The molecule has 0 bridgehead atoms. The first-order valence-electron chi connectivity index (χ1n) is 7.33. The summed E-state index contributed by atoms with van der Waals surface area (Å²) in [5.41, 5.74) is 3.03. The number of carbonyl (C=O) groups is 1. The molecule has 22 heavy (non-hydrogen) atoms. The maximum Gasteiger partial charge on any atom is 0.488 e. The Bertz CT molecular complexity index is 691. The van der Waals surface area contributed by atoms with Crippen LogP contribution in [0.1, 0.15) is 28.0 Å². The number of nitrogens with zero attached hydrogens (tertiary/aromatic N) is 1. The van der Waals surface area contributed by atoms with Crippen molar-refractivity contribution in [2.24, 2.45) is 0 Å². The zero-order chi connectivity index (χ0) is 15.5. The highest BCUT2D eigenvalue weighted by Crippen LogP contribution is 2.19. The predicted octanol–water partition coefficient (Wildman–Crippen LogP) is 0.0487. The lowest BCUT2D eigenvalue weighted by molar-refractivity contribution is 0.0933. The molecule has 1 heterocycles. The topological polar surface area (TPSA) is 82.5 Å². The third-order valence-electron chi connectivity index (χ3n) is 3.96. The Kier molecular flexibility index (Phi) is 4.22. The first kappa shape index (κ1) is 14.7. The Hall–Kier alpha value is -2.18. The fourth-order valence-electron chi connectivity index (χ4n) is 2.79. The number of aromatic nitrogens is 1. The second-order valence-corrected chi connectivity index (χ2v) is 5.52. The van der Waals surface area contributed by atoms with Crippen LogP contribution in [0.3, 0.4) is 0 Å². The minimum Gasteiger partial charge on any atom is -0.423 e. The van der Waals surface area contributed by atoms with E-state index in [9.17, 15) is 14.8 Å². The third-order valence-corrected chi connectivity index (χ3v) is 3.96. The van der Waals surface area contributed by atoms with Crippen molar-refractivity contribution in [3.8, 4) is 0 Å². The molecule has 1 aromatic carbocycles. The summed E-state index contributed by atoms with van der Waals surface area (Å²) in [4.78, 5) is 16.7. The molecule has 0 fully saturated rings. The summed E-state index contributed by atoms with van der Waals surface area (Å²) in [6, 6.07) is 10.4. The molecule has 6 heteroatoms. The van der Waals surface area contributed by atoms with Crippen molar-refractivity contribution in [3.63, 3.8) is 0 Å². The maximum absolute atomic E-state index is 12.3. The number of hydrogen-bond donors (Lipinski definition) is 3. The molecule has 0 saturated heterocycles. The third kappa shape index (κ3) is 3.18. The molecule has 1 aliphatic carbocycles. The van der Waals surface area contributed by atoms with Crippen LogP contribution in [-0.2, 0) is 12.8 Å². The Morgan fingerprint density at radius 3 is 2.95 bits per heavy atom. The van der Waals surface area contributed by atoms with Crippen LogP contribution in [0.15, 0.2) is 42.6 Å². The summed E-state index contributed by atoms with van der Waals surface area (Å²) >= 11 is 0. The van der Waals surface area contributed by atoms with Gasteiger partial charge in [-0.3, -0.25) is 9.78 Å². The van der Waals surface area contributed by atoms with Crippen molar-refractivity contribution >= 4 is 18.5 Å². The van der Waals surface area contributed by atoms with Crippen molar-refractivity contribution in [2.45, 2.75) is 25.3 Å². The van der Waals surface area contributed by atoms with Crippen molar-refractivity contribution in [1.29, 1.82) is 0 Å². The van der Waals surface area contributed by atoms with Crippen LogP contribution in [-0.4, -0.2) is 34.1 Å². The number of pyridine rings is 1. The number of benzene rings is 1. The smallest absolute Gasteiger partial charge is 0.423 e. The monoisotopic (exact) mass is 296 g/mol. The van der Waals surface area contributed by atoms with Crippen LogP contribution < -0.4 is 10.8 Å². The van der Waals surface area contributed by atoms with E-state index in [1.165, 1.54) is 11.6 Å². The molecule has 3 rings (SSSR count). The lowest BCUT2D eigenvalue weighted by Crippen LogP contribution is -2.39. The van der Waals surface area contributed by atoms with Gasteiger partial charge in [-0.2, -0.15) is 0 Å². The van der Waals surface area contributed by atoms with Crippen LogP contribution in [0.25, 0.3) is 0 Å². The second kappa shape index (κ2) is 6.29. The largest absolute Gasteiger partial charge is 0.488 e. The van der Waals surface area contributed by atoms with E-state index in [2.05, 4.69) is 10.3 Å². The van der Waals surface area contributed by atoms with Gasteiger partial charge in [-0.25, -0.2) is 0 Å². The van der Waals surface area contributed by atoms with Gasteiger partial charge >= 0.3 is 7.12 Å². The standard InChI is InChI=1S/C16H17BN2O3/c20-16(12-3-1-5-13(9-12)17(21)22)19-14-6-7-15-11(10-14)4-2-8-18-15/h1-5,8-9,14,21-22H,6-7,10H2,(H,19,20). The highest BCUT2D eigenvalue weighted by Gasteiger charge is 2.21. The van der Waals surface area contributed by atoms with Gasteiger partial charge in [0.1, 0.15) is 0 Å².